The first-order valence-electron chi connectivity index (χ1n) is 5.86. The first-order valence-corrected chi connectivity index (χ1v) is 7.30. The van der Waals surface area contributed by atoms with Crippen LogP contribution >= 0.6 is 0 Å². The van der Waals surface area contributed by atoms with E-state index in [1.807, 2.05) is 0 Å². The number of fused-ring (bicyclic) bond motifs is 1. The molecule has 2 aliphatic rings. The Morgan fingerprint density at radius 1 is 1.44 bits per heavy atom. The number of hydrogen-bond donors (Lipinski definition) is 1. The third kappa shape index (κ3) is 1.79. The number of sulfonamides is 1. The van der Waals surface area contributed by atoms with Crippen LogP contribution in [0.1, 0.15) is 23.2 Å². The molecule has 1 fully saturated rings. The first-order chi connectivity index (χ1) is 8.60. The Kier molecular flexibility index (Phi) is 2.60. The Morgan fingerprint density at radius 2 is 2.22 bits per heavy atom. The van der Waals surface area contributed by atoms with E-state index in [0.717, 1.165) is 17.1 Å². The maximum absolute atomic E-state index is 12.1. The van der Waals surface area contributed by atoms with Crippen molar-refractivity contribution in [3.63, 3.8) is 0 Å². The topological polar surface area (TPSA) is 79.4 Å². The van der Waals surface area contributed by atoms with Gasteiger partial charge in [-0.15, -0.1) is 0 Å². The van der Waals surface area contributed by atoms with Gasteiger partial charge in [-0.3, -0.25) is 4.79 Å². The smallest absolute Gasteiger partial charge is 0.285 e. The van der Waals surface area contributed by atoms with Crippen LogP contribution in [0.15, 0.2) is 23.4 Å². The maximum atomic E-state index is 12.1. The number of carbonyl (C=O) groups is 1. The van der Waals surface area contributed by atoms with Crippen LogP contribution < -0.4 is 5.32 Å². The number of rotatable bonds is 4. The predicted octanol–water partition coefficient (Wildman–Crippen LogP) is -0.0219. The monoisotopic (exact) mass is 267 g/mol. The van der Waals surface area contributed by atoms with Crippen LogP contribution in [0.4, 0.5) is 0 Å². The average Bonchev–Trinajstić information content (AvgIpc) is 3.14. The highest BCUT2D eigenvalue weighted by atomic mass is 32.2. The lowest BCUT2D eigenvalue weighted by molar-refractivity contribution is 0.0871. The molecule has 1 aliphatic heterocycles. The molecular weight excluding hydrogens is 254 g/mol. The lowest BCUT2D eigenvalue weighted by Gasteiger charge is -2.14. The van der Waals surface area contributed by atoms with Gasteiger partial charge in [-0.1, -0.05) is 0 Å². The number of carbonyl (C=O) groups excluding carboxylic acids is 1. The summed E-state index contributed by atoms with van der Waals surface area (Å²) in [7, 11) is -3.74. The summed E-state index contributed by atoms with van der Waals surface area (Å²) in [5.74, 6) is -0.476. The molecule has 3 rings (SSSR count). The van der Waals surface area contributed by atoms with E-state index in [-0.39, 0.29) is 17.1 Å². The molecule has 1 amide bonds. The summed E-state index contributed by atoms with van der Waals surface area (Å²) in [6, 6.07) is 3.56. The summed E-state index contributed by atoms with van der Waals surface area (Å²) < 4.78 is 25.1. The first kappa shape index (κ1) is 11.6. The zero-order valence-corrected chi connectivity index (χ0v) is 10.5. The van der Waals surface area contributed by atoms with E-state index in [4.69, 9.17) is 0 Å². The fraction of sp³-hybridized carbons (Fsp3) is 0.455. The molecule has 0 aromatic carbocycles. The van der Waals surface area contributed by atoms with Crippen molar-refractivity contribution in [2.45, 2.75) is 23.9 Å². The van der Waals surface area contributed by atoms with Crippen LogP contribution in [0.3, 0.4) is 0 Å². The molecule has 7 heteroatoms. The van der Waals surface area contributed by atoms with Crippen molar-refractivity contribution in [1.82, 2.24) is 14.6 Å². The van der Waals surface area contributed by atoms with Crippen LogP contribution in [-0.2, 0) is 10.0 Å². The number of amides is 1. The van der Waals surface area contributed by atoms with Crippen LogP contribution in [0.25, 0.3) is 0 Å². The molecule has 0 bridgehead atoms. The molecule has 1 aliphatic carbocycles. The van der Waals surface area contributed by atoms with Gasteiger partial charge in [0.25, 0.3) is 15.9 Å². The van der Waals surface area contributed by atoms with Crippen molar-refractivity contribution in [2.75, 3.05) is 13.1 Å². The fourth-order valence-corrected chi connectivity index (χ4v) is 3.47. The lowest BCUT2D eigenvalue weighted by Crippen LogP contribution is -2.37. The van der Waals surface area contributed by atoms with Crippen molar-refractivity contribution in [1.29, 1.82) is 0 Å². The van der Waals surface area contributed by atoms with Gasteiger partial charge < -0.3 is 5.32 Å². The zero-order valence-electron chi connectivity index (χ0n) is 9.67. The van der Waals surface area contributed by atoms with Gasteiger partial charge in [0.05, 0.1) is 12.1 Å². The van der Waals surface area contributed by atoms with E-state index in [1.165, 1.54) is 12.3 Å². The van der Waals surface area contributed by atoms with Gasteiger partial charge in [-0.2, -0.15) is 8.42 Å². The van der Waals surface area contributed by atoms with Crippen molar-refractivity contribution >= 4 is 15.9 Å². The van der Waals surface area contributed by atoms with Gasteiger partial charge in [0.2, 0.25) is 0 Å². The molecule has 0 atom stereocenters. The van der Waals surface area contributed by atoms with Gasteiger partial charge >= 0.3 is 0 Å². The largest absolute Gasteiger partial charge is 0.312 e. The van der Waals surface area contributed by atoms with Gasteiger partial charge in [0, 0.05) is 18.8 Å². The summed E-state index contributed by atoms with van der Waals surface area (Å²) in [4.78, 5) is 15.8. The van der Waals surface area contributed by atoms with E-state index in [9.17, 15) is 13.2 Å². The molecule has 2 heterocycles. The van der Waals surface area contributed by atoms with E-state index < -0.39 is 15.9 Å². The Morgan fingerprint density at radius 3 is 2.89 bits per heavy atom. The molecule has 0 saturated heterocycles. The van der Waals surface area contributed by atoms with Crippen LogP contribution in [-0.4, -0.2) is 42.7 Å². The summed E-state index contributed by atoms with van der Waals surface area (Å²) in [6.07, 6.45) is 3.64. The quantitative estimate of drug-likeness (QED) is 0.829. The van der Waals surface area contributed by atoms with Crippen molar-refractivity contribution in [3.8, 4) is 0 Å². The van der Waals surface area contributed by atoms with Crippen LogP contribution in [0, 0.1) is 0 Å². The van der Waals surface area contributed by atoms with E-state index in [0.29, 0.717) is 12.6 Å². The van der Waals surface area contributed by atoms with E-state index in [1.54, 1.807) is 6.07 Å². The minimum Gasteiger partial charge on any atom is -0.312 e. The predicted molar refractivity (Wildman–Crippen MR) is 63.5 cm³/mol. The van der Waals surface area contributed by atoms with E-state index in [2.05, 4.69) is 10.3 Å². The Bertz CT molecular complexity index is 595. The Hall–Kier alpha value is -1.47. The normalized spacial score (nSPS) is 21.1. The molecule has 1 aromatic rings. The summed E-state index contributed by atoms with van der Waals surface area (Å²) in [5, 5.41) is 3.07. The summed E-state index contributed by atoms with van der Waals surface area (Å²) in [5.41, 5.74) is 0.170. The lowest BCUT2D eigenvalue weighted by atomic mass is 10.3. The summed E-state index contributed by atoms with van der Waals surface area (Å²) in [6.45, 7) is 0.650. The number of nitrogens with zero attached hydrogens (tertiary/aromatic N) is 2. The van der Waals surface area contributed by atoms with Crippen LogP contribution in [0.5, 0.6) is 0 Å². The summed E-state index contributed by atoms with van der Waals surface area (Å²) >= 11 is 0. The molecule has 1 saturated carbocycles. The molecule has 96 valence electrons. The van der Waals surface area contributed by atoms with Crippen molar-refractivity contribution in [3.05, 3.63) is 23.9 Å². The van der Waals surface area contributed by atoms with Crippen LogP contribution in [0.2, 0.25) is 0 Å². The highest BCUT2D eigenvalue weighted by molar-refractivity contribution is 7.90. The van der Waals surface area contributed by atoms with Gasteiger partial charge in [-0.25, -0.2) is 9.29 Å². The minimum atomic E-state index is -3.74. The highest BCUT2D eigenvalue weighted by Crippen LogP contribution is 2.27. The zero-order chi connectivity index (χ0) is 12.8. The second-order valence-electron chi connectivity index (χ2n) is 4.47. The Balaban J connectivity index is 1.81. The second kappa shape index (κ2) is 4.03. The molecule has 6 nitrogen and oxygen atoms in total. The standard InChI is InChI=1S/C11H13N3O3S/c15-11-9-2-1-5-13-10(9)18(16,17)14(11)7-6-12-8-3-4-8/h1-2,5,8,12H,3-4,6-7H2. The average molecular weight is 267 g/mol. The van der Waals surface area contributed by atoms with Crippen molar-refractivity contribution < 1.29 is 13.2 Å². The molecule has 18 heavy (non-hydrogen) atoms. The third-order valence-electron chi connectivity index (χ3n) is 3.09. The number of aromatic nitrogens is 1. The highest BCUT2D eigenvalue weighted by Gasteiger charge is 2.42. The number of hydrogen-bond acceptors (Lipinski definition) is 5. The Labute approximate surface area is 105 Å². The molecular formula is C11H13N3O3S. The molecule has 0 unspecified atom stereocenters. The number of nitrogens with one attached hydrogen (secondary N) is 1. The molecule has 0 radical (unpaired) electrons. The molecule has 1 N–H and O–H groups in total. The van der Waals surface area contributed by atoms with E-state index >= 15 is 0 Å². The van der Waals surface area contributed by atoms with Gasteiger partial charge in [0.1, 0.15) is 0 Å². The number of pyridine rings is 1. The second-order valence-corrected chi connectivity index (χ2v) is 6.24. The van der Waals surface area contributed by atoms with Gasteiger partial charge in [-0.05, 0) is 25.0 Å². The SMILES string of the molecule is O=C1c2cccnc2S(=O)(=O)N1CCNC1CC1. The van der Waals surface area contributed by atoms with Crippen molar-refractivity contribution in [2.24, 2.45) is 0 Å². The van der Waals surface area contributed by atoms with Gasteiger partial charge in [0.15, 0.2) is 5.03 Å². The molecule has 1 aromatic heterocycles. The molecule has 0 spiro atoms. The minimum absolute atomic E-state index is 0.124. The fourth-order valence-electron chi connectivity index (χ4n) is 1.99. The maximum Gasteiger partial charge on any atom is 0.285 e. The third-order valence-corrected chi connectivity index (χ3v) is 4.83.